The average molecular weight is 129 g/mol. The lowest BCUT2D eigenvalue weighted by Crippen LogP contribution is -2.10. The van der Waals surface area contributed by atoms with E-state index in [9.17, 15) is 0 Å². The van der Waals surface area contributed by atoms with E-state index in [0.29, 0.717) is 0 Å². The zero-order valence-corrected chi connectivity index (χ0v) is 6.60. The molecule has 2 heteroatoms. The first-order valence-electron chi connectivity index (χ1n) is 3.33. The third kappa shape index (κ3) is 0.634. The molecule has 0 amide bonds. The van der Waals surface area contributed by atoms with Crippen LogP contribution in [0.3, 0.4) is 0 Å². The van der Waals surface area contributed by atoms with Crippen LogP contribution in [0.1, 0.15) is 27.7 Å². The van der Waals surface area contributed by atoms with E-state index in [1.165, 1.54) is 0 Å². The molecule has 1 aliphatic rings. The van der Waals surface area contributed by atoms with Crippen LogP contribution in [0, 0.1) is 0 Å². The Balaban J connectivity index is 2.66. The second kappa shape index (κ2) is 1.50. The topological polar surface area (TPSA) is 23.2 Å². The SMILES string of the molecule is CC1(C)N(CO)C1(C)C. The summed E-state index contributed by atoms with van der Waals surface area (Å²) in [6, 6.07) is 0. The van der Waals surface area contributed by atoms with E-state index in [0.717, 1.165) is 0 Å². The predicted molar refractivity (Wildman–Crippen MR) is 37.1 cm³/mol. The van der Waals surface area contributed by atoms with Gasteiger partial charge >= 0.3 is 0 Å². The maximum Gasteiger partial charge on any atom is 0.0966 e. The Morgan fingerprint density at radius 1 is 1.11 bits per heavy atom. The fourth-order valence-corrected chi connectivity index (χ4v) is 1.38. The standard InChI is InChI=1S/C7H15NO/c1-6(2)7(3,4)8(6)5-9/h9H,5H2,1-4H3. The van der Waals surface area contributed by atoms with Crippen molar-refractivity contribution < 1.29 is 5.11 Å². The molecule has 9 heavy (non-hydrogen) atoms. The smallest absolute Gasteiger partial charge is 0.0966 e. The Morgan fingerprint density at radius 2 is 1.44 bits per heavy atom. The molecule has 1 fully saturated rings. The van der Waals surface area contributed by atoms with Gasteiger partial charge in [-0.15, -0.1) is 0 Å². The van der Waals surface area contributed by atoms with E-state index < -0.39 is 0 Å². The van der Waals surface area contributed by atoms with Crippen molar-refractivity contribution in [2.75, 3.05) is 6.73 Å². The van der Waals surface area contributed by atoms with E-state index in [2.05, 4.69) is 32.6 Å². The molecule has 0 bridgehead atoms. The molecule has 1 saturated heterocycles. The first kappa shape index (κ1) is 7.03. The molecule has 1 rings (SSSR count). The molecule has 54 valence electrons. The van der Waals surface area contributed by atoms with Crippen molar-refractivity contribution in [1.29, 1.82) is 0 Å². The lowest BCUT2D eigenvalue weighted by atomic mass is 10.0. The van der Waals surface area contributed by atoms with Crippen molar-refractivity contribution in [3.63, 3.8) is 0 Å². The van der Waals surface area contributed by atoms with Gasteiger partial charge < -0.3 is 5.11 Å². The van der Waals surface area contributed by atoms with Gasteiger partial charge in [0.15, 0.2) is 0 Å². The zero-order valence-electron chi connectivity index (χ0n) is 6.60. The summed E-state index contributed by atoms with van der Waals surface area (Å²) in [6.07, 6.45) is 0. The highest BCUT2D eigenvalue weighted by atomic mass is 16.3. The number of aliphatic hydroxyl groups excluding tert-OH is 1. The molecule has 0 saturated carbocycles. The van der Waals surface area contributed by atoms with E-state index in [4.69, 9.17) is 5.11 Å². The van der Waals surface area contributed by atoms with Crippen molar-refractivity contribution in [3.05, 3.63) is 0 Å². The Morgan fingerprint density at radius 3 is 1.44 bits per heavy atom. The summed E-state index contributed by atoms with van der Waals surface area (Å²) >= 11 is 0. The summed E-state index contributed by atoms with van der Waals surface area (Å²) in [5.74, 6) is 0. The van der Waals surface area contributed by atoms with Crippen LogP contribution in [0.5, 0.6) is 0 Å². The Hall–Kier alpha value is -0.0800. The first-order valence-corrected chi connectivity index (χ1v) is 3.33. The number of rotatable bonds is 1. The van der Waals surface area contributed by atoms with Gasteiger partial charge in [0.2, 0.25) is 0 Å². The molecular weight excluding hydrogens is 114 g/mol. The van der Waals surface area contributed by atoms with Crippen LogP contribution in [-0.4, -0.2) is 27.8 Å². The molecule has 0 radical (unpaired) electrons. The van der Waals surface area contributed by atoms with Gasteiger partial charge in [-0.25, -0.2) is 0 Å². The average Bonchev–Trinajstić information content (AvgIpc) is 2.00. The maximum absolute atomic E-state index is 8.80. The summed E-state index contributed by atoms with van der Waals surface area (Å²) in [5, 5.41) is 8.80. The van der Waals surface area contributed by atoms with Gasteiger partial charge in [0.05, 0.1) is 6.73 Å². The largest absolute Gasteiger partial charge is 0.381 e. The fraction of sp³-hybridized carbons (Fsp3) is 1.00. The van der Waals surface area contributed by atoms with Gasteiger partial charge in [-0.05, 0) is 27.7 Å². The number of hydrogen-bond acceptors (Lipinski definition) is 2. The van der Waals surface area contributed by atoms with Crippen molar-refractivity contribution >= 4 is 0 Å². The van der Waals surface area contributed by atoms with Gasteiger partial charge in [0, 0.05) is 11.1 Å². The highest BCUT2D eigenvalue weighted by molar-refractivity contribution is 5.18. The van der Waals surface area contributed by atoms with Crippen LogP contribution in [0.25, 0.3) is 0 Å². The van der Waals surface area contributed by atoms with Crippen LogP contribution < -0.4 is 0 Å². The molecule has 0 atom stereocenters. The van der Waals surface area contributed by atoms with E-state index in [1.807, 2.05) is 0 Å². The highest BCUT2D eigenvalue weighted by Gasteiger charge is 2.62. The highest BCUT2D eigenvalue weighted by Crippen LogP contribution is 2.49. The molecular formula is C7H15NO. The van der Waals surface area contributed by atoms with Gasteiger partial charge in [-0.3, -0.25) is 4.90 Å². The second-order valence-electron chi connectivity index (χ2n) is 3.69. The monoisotopic (exact) mass is 129 g/mol. The van der Waals surface area contributed by atoms with Crippen molar-refractivity contribution in [2.24, 2.45) is 0 Å². The first-order chi connectivity index (χ1) is 3.94. The number of aliphatic hydroxyl groups is 1. The van der Waals surface area contributed by atoms with Crippen molar-refractivity contribution in [2.45, 2.75) is 38.8 Å². The van der Waals surface area contributed by atoms with Crippen LogP contribution >= 0.6 is 0 Å². The van der Waals surface area contributed by atoms with Crippen LogP contribution in [0.15, 0.2) is 0 Å². The molecule has 0 unspecified atom stereocenters. The molecule has 0 aromatic carbocycles. The lowest BCUT2D eigenvalue weighted by molar-refractivity contribution is 0.166. The summed E-state index contributed by atoms with van der Waals surface area (Å²) in [7, 11) is 0. The molecule has 0 aromatic heterocycles. The van der Waals surface area contributed by atoms with Gasteiger partial charge in [0.1, 0.15) is 0 Å². The molecule has 1 heterocycles. The fourth-order valence-electron chi connectivity index (χ4n) is 1.38. The number of hydrogen-bond donors (Lipinski definition) is 1. The van der Waals surface area contributed by atoms with Crippen LogP contribution in [0.2, 0.25) is 0 Å². The quantitative estimate of drug-likeness (QED) is 0.529. The summed E-state index contributed by atoms with van der Waals surface area (Å²) in [4.78, 5) is 2.06. The summed E-state index contributed by atoms with van der Waals surface area (Å²) in [5.41, 5.74) is 0.392. The predicted octanol–water partition coefficient (Wildman–Crippen LogP) is 0.809. The van der Waals surface area contributed by atoms with E-state index >= 15 is 0 Å². The molecule has 0 aromatic rings. The summed E-state index contributed by atoms with van der Waals surface area (Å²) < 4.78 is 0. The second-order valence-corrected chi connectivity index (χ2v) is 3.69. The minimum atomic E-state index is 0.181. The van der Waals surface area contributed by atoms with Crippen LogP contribution in [0.4, 0.5) is 0 Å². The third-order valence-corrected chi connectivity index (χ3v) is 2.94. The Bertz CT molecular complexity index is 115. The van der Waals surface area contributed by atoms with Gasteiger partial charge in [0.25, 0.3) is 0 Å². The minimum Gasteiger partial charge on any atom is -0.381 e. The minimum absolute atomic E-state index is 0.181. The molecule has 0 aliphatic carbocycles. The molecule has 0 spiro atoms. The maximum atomic E-state index is 8.80. The van der Waals surface area contributed by atoms with Crippen molar-refractivity contribution in [1.82, 2.24) is 4.90 Å². The van der Waals surface area contributed by atoms with Crippen LogP contribution in [-0.2, 0) is 0 Å². The van der Waals surface area contributed by atoms with E-state index in [-0.39, 0.29) is 17.8 Å². The normalized spacial score (nSPS) is 30.3. The Labute approximate surface area is 56.5 Å². The third-order valence-electron chi connectivity index (χ3n) is 2.94. The molecule has 2 nitrogen and oxygen atoms in total. The molecule has 1 N–H and O–H groups in total. The number of nitrogens with zero attached hydrogens (tertiary/aromatic N) is 1. The van der Waals surface area contributed by atoms with E-state index in [1.54, 1.807) is 0 Å². The summed E-state index contributed by atoms with van der Waals surface area (Å²) in [6.45, 7) is 8.75. The zero-order chi connectivity index (χ0) is 7.28. The molecule has 1 aliphatic heterocycles. The Kier molecular flexibility index (Phi) is 1.17. The van der Waals surface area contributed by atoms with Gasteiger partial charge in [-0.2, -0.15) is 0 Å². The van der Waals surface area contributed by atoms with Gasteiger partial charge in [-0.1, -0.05) is 0 Å². The van der Waals surface area contributed by atoms with Crippen molar-refractivity contribution in [3.8, 4) is 0 Å². The lowest BCUT2D eigenvalue weighted by Gasteiger charge is -1.99.